The fourth-order valence-corrected chi connectivity index (χ4v) is 3.37. The molecule has 140 valence electrons. The van der Waals surface area contributed by atoms with Crippen molar-refractivity contribution in [2.45, 2.75) is 0 Å². The topological polar surface area (TPSA) is 101 Å². The van der Waals surface area contributed by atoms with Crippen LogP contribution in [0.4, 0.5) is 5.69 Å². The summed E-state index contributed by atoms with van der Waals surface area (Å²) < 4.78 is 5.76. The number of hydrogen-bond acceptors (Lipinski definition) is 5. The van der Waals surface area contributed by atoms with Crippen molar-refractivity contribution in [3.8, 4) is 11.5 Å². The molecule has 1 aromatic heterocycles. The van der Waals surface area contributed by atoms with Crippen LogP contribution in [0.25, 0.3) is 22.6 Å². The van der Waals surface area contributed by atoms with Gasteiger partial charge in [-0.2, -0.15) is 0 Å². The van der Waals surface area contributed by atoms with E-state index in [-0.39, 0.29) is 16.7 Å². The number of carbonyl (C=O) groups is 3. The van der Waals surface area contributed by atoms with E-state index in [1.807, 2.05) is 30.3 Å². The maximum absolute atomic E-state index is 12.8. The van der Waals surface area contributed by atoms with Crippen molar-refractivity contribution in [3.05, 3.63) is 83.4 Å². The SMILES string of the molecule is O=C(O)c1ccc2c(c1)C(=O)N(c1ccc3oc(-c4ccccc4)nc3c1)C2=O. The highest BCUT2D eigenvalue weighted by Gasteiger charge is 2.37. The summed E-state index contributed by atoms with van der Waals surface area (Å²) >= 11 is 0. The van der Waals surface area contributed by atoms with Crippen LogP contribution in [0.15, 0.2) is 71.1 Å². The van der Waals surface area contributed by atoms with Gasteiger partial charge < -0.3 is 9.52 Å². The van der Waals surface area contributed by atoms with Crippen LogP contribution in [0.2, 0.25) is 0 Å². The van der Waals surface area contributed by atoms with Crippen LogP contribution in [0, 0.1) is 0 Å². The number of carbonyl (C=O) groups excluding carboxylic acids is 2. The van der Waals surface area contributed by atoms with Crippen molar-refractivity contribution in [1.82, 2.24) is 4.98 Å². The van der Waals surface area contributed by atoms with E-state index in [0.717, 1.165) is 10.5 Å². The second kappa shape index (κ2) is 6.13. The van der Waals surface area contributed by atoms with E-state index < -0.39 is 17.8 Å². The van der Waals surface area contributed by atoms with Gasteiger partial charge in [0.2, 0.25) is 5.89 Å². The monoisotopic (exact) mass is 384 g/mol. The fourth-order valence-electron chi connectivity index (χ4n) is 3.37. The summed E-state index contributed by atoms with van der Waals surface area (Å²) in [6.45, 7) is 0. The molecule has 0 saturated heterocycles. The predicted molar refractivity (Wildman–Crippen MR) is 104 cm³/mol. The zero-order chi connectivity index (χ0) is 20.1. The largest absolute Gasteiger partial charge is 0.478 e. The Balaban J connectivity index is 1.56. The Morgan fingerprint density at radius 1 is 0.897 bits per heavy atom. The second-order valence-corrected chi connectivity index (χ2v) is 6.55. The van der Waals surface area contributed by atoms with Gasteiger partial charge in [-0.1, -0.05) is 18.2 Å². The van der Waals surface area contributed by atoms with E-state index in [2.05, 4.69) is 4.98 Å². The van der Waals surface area contributed by atoms with Crippen molar-refractivity contribution >= 4 is 34.6 Å². The number of aromatic carboxylic acids is 1. The number of carboxylic acid groups (broad SMARTS) is 1. The number of rotatable bonds is 3. The molecule has 0 saturated carbocycles. The molecule has 0 atom stereocenters. The molecule has 0 bridgehead atoms. The van der Waals surface area contributed by atoms with Crippen molar-refractivity contribution in [2.24, 2.45) is 0 Å². The Bertz CT molecular complexity index is 1320. The van der Waals surface area contributed by atoms with Crippen LogP contribution in [0.3, 0.4) is 0 Å². The van der Waals surface area contributed by atoms with Crippen LogP contribution in [-0.2, 0) is 0 Å². The summed E-state index contributed by atoms with van der Waals surface area (Å²) in [6, 6.07) is 18.1. The van der Waals surface area contributed by atoms with Crippen LogP contribution >= 0.6 is 0 Å². The Morgan fingerprint density at radius 2 is 1.66 bits per heavy atom. The van der Waals surface area contributed by atoms with E-state index in [4.69, 9.17) is 9.52 Å². The third-order valence-electron chi connectivity index (χ3n) is 4.78. The molecule has 0 aliphatic carbocycles. The smallest absolute Gasteiger partial charge is 0.335 e. The number of anilines is 1. The van der Waals surface area contributed by atoms with Crippen molar-refractivity contribution < 1.29 is 23.9 Å². The summed E-state index contributed by atoms with van der Waals surface area (Å²) in [4.78, 5) is 42.2. The van der Waals surface area contributed by atoms with Gasteiger partial charge in [-0.15, -0.1) is 0 Å². The molecule has 7 heteroatoms. The zero-order valence-corrected chi connectivity index (χ0v) is 14.8. The molecular weight excluding hydrogens is 372 g/mol. The number of aromatic nitrogens is 1. The maximum atomic E-state index is 12.8. The van der Waals surface area contributed by atoms with E-state index in [9.17, 15) is 14.4 Å². The van der Waals surface area contributed by atoms with Gasteiger partial charge in [0, 0.05) is 5.56 Å². The molecule has 0 radical (unpaired) electrons. The third-order valence-corrected chi connectivity index (χ3v) is 4.78. The molecule has 0 unspecified atom stereocenters. The zero-order valence-electron chi connectivity index (χ0n) is 14.8. The molecule has 2 amide bonds. The minimum atomic E-state index is -1.16. The van der Waals surface area contributed by atoms with Gasteiger partial charge in [-0.25, -0.2) is 14.7 Å². The normalized spacial score (nSPS) is 13.2. The number of carboxylic acids is 1. The number of nitrogens with zero attached hydrogens (tertiary/aromatic N) is 2. The standard InChI is InChI=1S/C22H12N2O5/c25-20-15-8-6-13(22(27)28)10-16(15)21(26)24(20)14-7-9-18-17(11-14)23-19(29-18)12-4-2-1-3-5-12/h1-11H,(H,27,28). The lowest BCUT2D eigenvalue weighted by atomic mass is 10.1. The second-order valence-electron chi connectivity index (χ2n) is 6.55. The summed E-state index contributed by atoms with van der Waals surface area (Å²) in [5.74, 6) is -1.80. The molecule has 4 aromatic rings. The Labute approximate surface area is 163 Å². The third kappa shape index (κ3) is 2.60. The fraction of sp³-hybridized carbons (Fsp3) is 0. The van der Waals surface area contributed by atoms with Crippen molar-refractivity contribution in [1.29, 1.82) is 0 Å². The highest BCUT2D eigenvalue weighted by molar-refractivity contribution is 6.34. The molecule has 5 rings (SSSR count). The molecule has 0 spiro atoms. The molecule has 1 aliphatic heterocycles. The summed E-state index contributed by atoms with van der Waals surface area (Å²) in [6.07, 6.45) is 0. The highest BCUT2D eigenvalue weighted by Crippen LogP contribution is 2.32. The van der Waals surface area contributed by atoms with Gasteiger partial charge >= 0.3 is 5.97 Å². The number of oxazole rings is 1. The molecule has 7 nitrogen and oxygen atoms in total. The van der Waals surface area contributed by atoms with E-state index in [1.54, 1.807) is 18.2 Å². The first-order valence-electron chi connectivity index (χ1n) is 8.75. The van der Waals surface area contributed by atoms with Crippen molar-refractivity contribution in [3.63, 3.8) is 0 Å². The van der Waals surface area contributed by atoms with E-state index >= 15 is 0 Å². The average Bonchev–Trinajstić information content (AvgIpc) is 3.27. The van der Waals surface area contributed by atoms with E-state index in [1.165, 1.54) is 18.2 Å². The predicted octanol–water partition coefficient (Wildman–Crippen LogP) is 3.99. The number of fused-ring (bicyclic) bond motifs is 2. The first kappa shape index (κ1) is 16.9. The molecule has 29 heavy (non-hydrogen) atoms. The van der Waals surface area contributed by atoms with Gasteiger partial charge in [0.25, 0.3) is 11.8 Å². The molecule has 0 fully saturated rings. The van der Waals surface area contributed by atoms with Crippen LogP contribution < -0.4 is 4.90 Å². The minimum Gasteiger partial charge on any atom is -0.478 e. The first-order chi connectivity index (χ1) is 14.0. The van der Waals surface area contributed by atoms with Crippen LogP contribution in [-0.4, -0.2) is 27.9 Å². The molecular formula is C22H12N2O5. The summed E-state index contributed by atoms with van der Waals surface area (Å²) in [7, 11) is 0. The van der Waals surface area contributed by atoms with Gasteiger partial charge in [0.05, 0.1) is 22.4 Å². The number of imide groups is 1. The Hall–Kier alpha value is -4.26. The Kier molecular flexibility index (Phi) is 3.57. The van der Waals surface area contributed by atoms with Crippen LogP contribution in [0.1, 0.15) is 31.1 Å². The quantitative estimate of drug-likeness (QED) is 0.536. The molecule has 1 aliphatic rings. The van der Waals surface area contributed by atoms with Crippen molar-refractivity contribution in [2.75, 3.05) is 4.90 Å². The minimum absolute atomic E-state index is 0.0498. The highest BCUT2D eigenvalue weighted by atomic mass is 16.4. The van der Waals surface area contributed by atoms with Gasteiger partial charge in [0.15, 0.2) is 5.58 Å². The number of benzene rings is 3. The lowest BCUT2D eigenvalue weighted by molar-refractivity contribution is 0.0696. The van der Waals surface area contributed by atoms with Gasteiger partial charge in [0.1, 0.15) is 5.52 Å². The number of hydrogen-bond donors (Lipinski definition) is 1. The van der Waals surface area contributed by atoms with Crippen LogP contribution in [0.5, 0.6) is 0 Å². The molecule has 3 aromatic carbocycles. The lowest BCUT2D eigenvalue weighted by Crippen LogP contribution is -2.29. The van der Waals surface area contributed by atoms with Gasteiger partial charge in [-0.05, 0) is 48.5 Å². The molecule has 1 N–H and O–H groups in total. The Morgan fingerprint density at radius 3 is 2.41 bits per heavy atom. The summed E-state index contributed by atoms with van der Waals surface area (Å²) in [5.41, 5.74) is 2.37. The summed E-state index contributed by atoms with van der Waals surface area (Å²) in [5, 5.41) is 9.14. The molecule has 2 heterocycles. The number of amides is 2. The maximum Gasteiger partial charge on any atom is 0.335 e. The first-order valence-corrected chi connectivity index (χ1v) is 8.75. The van der Waals surface area contributed by atoms with Gasteiger partial charge in [-0.3, -0.25) is 9.59 Å². The lowest BCUT2D eigenvalue weighted by Gasteiger charge is -2.13. The van der Waals surface area contributed by atoms with E-state index in [0.29, 0.717) is 22.7 Å². The average molecular weight is 384 g/mol.